The number of carboxylic acid groups (broad SMARTS) is 1. The van der Waals surface area contributed by atoms with Gasteiger partial charge in [-0.15, -0.1) is 0 Å². The molecule has 29 heavy (non-hydrogen) atoms. The van der Waals surface area contributed by atoms with Gasteiger partial charge in [0.05, 0.1) is 4.90 Å². The molecule has 1 aliphatic heterocycles. The first-order valence-corrected chi connectivity index (χ1v) is 9.95. The van der Waals surface area contributed by atoms with E-state index in [9.17, 15) is 33.2 Å². The van der Waals surface area contributed by atoms with Crippen LogP contribution in [0.1, 0.15) is 24.8 Å². The summed E-state index contributed by atoms with van der Waals surface area (Å²) in [7, 11) is -4.13. The number of hydrogen-bond acceptors (Lipinski definition) is 7. The Bertz CT molecular complexity index is 946. The number of carbonyl (C=O) groups excluding carboxylic acids is 1. The second-order valence-electron chi connectivity index (χ2n) is 6.16. The summed E-state index contributed by atoms with van der Waals surface area (Å²) in [6.07, 6.45) is 0.627. The van der Waals surface area contributed by atoms with E-state index in [1.807, 2.05) is 0 Å². The number of benzene rings is 1. The smallest absolute Gasteiger partial charge is 0.321 e. The highest BCUT2D eigenvalue weighted by atomic mass is 32.2. The number of aliphatic imine (C=N–C) groups is 1. The summed E-state index contributed by atoms with van der Waals surface area (Å²) in [4.78, 5) is 36.5. The number of aryl methyl sites for hydroxylation is 1. The molecule has 1 unspecified atom stereocenters. The van der Waals surface area contributed by atoms with Gasteiger partial charge in [0.1, 0.15) is 6.04 Å². The van der Waals surface area contributed by atoms with Crippen molar-refractivity contribution in [3.05, 3.63) is 33.9 Å². The van der Waals surface area contributed by atoms with E-state index in [4.69, 9.17) is 5.73 Å². The van der Waals surface area contributed by atoms with Gasteiger partial charge in [0.2, 0.25) is 15.9 Å². The Kier molecular flexibility index (Phi) is 7.06. The number of fused-ring (bicyclic) bond motifs is 1. The van der Waals surface area contributed by atoms with Gasteiger partial charge in [0.15, 0.2) is 5.03 Å². The van der Waals surface area contributed by atoms with Crippen molar-refractivity contribution in [2.75, 3.05) is 11.9 Å². The fourth-order valence-electron chi connectivity index (χ4n) is 2.64. The number of sulfonamides is 1. The zero-order chi connectivity index (χ0) is 21.6. The Morgan fingerprint density at radius 2 is 2.14 bits per heavy atom. The molecule has 1 aromatic rings. The summed E-state index contributed by atoms with van der Waals surface area (Å²) in [6, 6.07) is 2.71. The highest BCUT2D eigenvalue weighted by Crippen LogP contribution is 2.25. The van der Waals surface area contributed by atoms with Crippen LogP contribution >= 0.6 is 0 Å². The number of anilines is 1. The summed E-state index contributed by atoms with van der Waals surface area (Å²) in [5.74, 6) is -1.98. The molecule has 6 N–H and O–H groups in total. The van der Waals surface area contributed by atoms with Crippen LogP contribution in [0, 0.1) is 10.1 Å². The van der Waals surface area contributed by atoms with Gasteiger partial charge in [0.25, 0.3) is 5.96 Å². The maximum absolute atomic E-state index is 12.6. The average molecular weight is 428 g/mol. The van der Waals surface area contributed by atoms with Crippen LogP contribution in [0.4, 0.5) is 5.69 Å². The van der Waals surface area contributed by atoms with E-state index in [2.05, 4.69) is 15.0 Å². The second kappa shape index (κ2) is 9.29. The van der Waals surface area contributed by atoms with Crippen molar-refractivity contribution in [1.82, 2.24) is 10.1 Å². The van der Waals surface area contributed by atoms with Crippen LogP contribution in [-0.2, 0) is 26.0 Å². The molecule has 2 rings (SSSR count). The summed E-state index contributed by atoms with van der Waals surface area (Å²) in [5, 5.41) is 21.2. The Labute approximate surface area is 165 Å². The quantitative estimate of drug-likeness (QED) is 0.109. The molecular weight excluding hydrogens is 408 g/mol. The average Bonchev–Trinajstić information content (AvgIpc) is 2.62. The number of carboxylic acids is 1. The minimum absolute atomic E-state index is 0.0310. The number of aliphatic carboxylic acids is 1. The zero-order valence-electron chi connectivity index (χ0n) is 15.1. The first-order valence-electron chi connectivity index (χ1n) is 8.47. The fourth-order valence-corrected chi connectivity index (χ4v) is 3.91. The lowest BCUT2D eigenvalue weighted by molar-refractivity contribution is -0.525. The first-order chi connectivity index (χ1) is 13.6. The van der Waals surface area contributed by atoms with Gasteiger partial charge in [-0.1, -0.05) is 5.43 Å². The molecule has 0 aromatic heterocycles. The van der Waals surface area contributed by atoms with Crippen LogP contribution < -0.4 is 21.2 Å². The van der Waals surface area contributed by atoms with Crippen LogP contribution in [0.25, 0.3) is 0 Å². The van der Waals surface area contributed by atoms with Crippen LogP contribution in [0.5, 0.6) is 0 Å². The Balaban J connectivity index is 2.03. The summed E-state index contributed by atoms with van der Waals surface area (Å²) < 4.78 is 27.3. The zero-order valence-corrected chi connectivity index (χ0v) is 15.9. The molecule has 0 bridgehead atoms. The molecule has 1 aromatic carbocycles. The van der Waals surface area contributed by atoms with Crippen LogP contribution in [0.15, 0.2) is 28.1 Å². The van der Waals surface area contributed by atoms with E-state index in [1.165, 1.54) is 18.2 Å². The molecule has 13 nitrogen and oxygen atoms in total. The van der Waals surface area contributed by atoms with Gasteiger partial charge in [-0.2, -0.15) is 4.72 Å². The molecule has 14 heteroatoms. The normalized spacial score (nSPS) is 15.2. The number of nitrogens with two attached hydrogens (primary N) is 1. The molecule has 1 heterocycles. The monoisotopic (exact) mass is 428 g/mol. The molecule has 158 valence electrons. The molecule has 0 radical (unpaired) electrons. The third-order valence-electron chi connectivity index (χ3n) is 4.02. The molecule has 0 saturated heterocycles. The minimum Gasteiger partial charge on any atom is -0.480 e. The largest absolute Gasteiger partial charge is 0.480 e. The molecule has 0 aliphatic carbocycles. The SMILES string of the molecule is NC(=NCCCC(NS(=O)(=O)c1ccc2c(c1)CCC(=O)N2)C(=O)O)N[N+](=O)[O-]. The summed E-state index contributed by atoms with van der Waals surface area (Å²) >= 11 is 0. The van der Waals surface area contributed by atoms with Gasteiger partial charge in [-0.25, -0.2) is 23.5 Å². The lowest BCUT2D eigenvalue weighted by atomic mass is 10.0. The van der Waals surface area contributed by atoms with Crippen molar-refractivity contribution in [2.24, 2.45) is 10.7 Å². The number of guanidine groups is 1. The van der Waals surface area contributed by atoms with Crippen molar-refractivity contribution in [3.8, 4) is 0 Å². The molecular formula is C15H20N6O7S. The van der Waals surface area contributed by atoms with Crippen molar-refractivity contribution in [3.63, 3.8) is 0 Å². The van der Waals surface area contributed by atoms with E-state index >= 15 is 0 Å². The van der Waals surface area contributed by atoms with Crippen molar-refractivity contribution in [2.45, 2.75) is 36.6 Å². The van der Waals surface area contributed by atoms with E-state index in [0.29, 0.717) is 17.7 Å². The first kappa shape index (κ1) is 22.0. The Hall–Kier alpha value is -3.26. The lowest BCUT2D eigenvalue weighted by Crippen LogP contribution is -2.41. The standard InChI is InChI=1S/C15H20N6O7S/c16-15(19-21(25)26)17-7-1-2-12(14(23)24)20-29(27,28)10-4-5-11-9(8-10)3-6-13(22)18-11/h4-5,8,12,20H,1-3,6-7H2,(H,18,22)(H,23,24)(H3,16,17,19). The van der Waals surface area contributed by atoms with E-state index < -0.39 is 33.0 Å². The number of nitrogens with one attached hydrogen (secondary N) is 3. The number of nitrogens with zero attached hydrogens (tertiary/aromatic N) is 2. The molecule has 0 saturated carbocycles. The van der Waals surface area contributed by atoms with Crippen LogP contribution in [0.2, 0.25) is 0 Å². The third kappa shape index (κ3) is 6.39. The van der Waals surface area contributed by atoms with Crippen LogP contribution in [-0.4, -0.2) is 49.0 Å². The fraction of sp³-hybridized carbons (Fsp3) is 0.400. The van der Waals surface area contributed by atoms with E-state index in [-0.39, 0.29) is 36.6 Å². The molecule has 0 fully saturated rings. The van der Waals surface area contributed by atoms with Gasteiger partial charge >= 0.3 is 5.97 Å². The minimum atomic E-state index is -4.13. The predicted octanol–water partition coefficient (Wildman–Crippen LogP) is -0.821. The summed E-state index contributed by atoms with van der Waals surface area (Å²) in [5.41, 5.74) is 8.04. The van der Waals surface area contributed by atoms with Gasteiger partial charge < -0.3 is 16.2 Å². The molecule has 1 aliphatic rings. The number of carbonyl (C=O) groups is 2. The molecule has 1 amide bonds. The number of amides is 1. The molecule has 1 atom stereocenters. The van der Waals surface area contributed by atoms with Gasteiger partial charge in [-0.3, -0.25) is 9.59 Å². The maximum Gasteiger partial charge on any atom is 0.321 e. The number of hydrazine groups is 1. The van der Waals surface area contributed by atoms with Crippen molar-refractivity contribution < 1.29 is 28.1 Å². The van der Waals surface area contributed by atoms with Crippen molar-refractivity contribution in [1.29, 1.82) is 0 Å². The van der Waals surface area contributed by atoms with Crippen molar-refractivity contribution >= 4 is 33.5 Å². The second-order valence-corrected chi connectivity index (χ2v) is 7.87. The summed E-state index contributed by atoms with van der Waals surface area (Å²) in [6.45, 7) is -0.0310. The predicted molar refractivity (Wildman–Crippen MR) is 101 cm³/mol. The highest BCUT2D eigenvalue weighted by Gasteiger charge is 2.26. The number of rotatable bonds is 9. The lowest BCUT2D eigenvalue weighted by Gasteiger charge is -2.19. The maximum atomic E-state index is 12.6. The number of nitro groups is 1. The van der Waals surface area contributed by atoms with E-state index in [0.717, 1.165) is 0 Å². The van der Waals surface area contributed by atoms with Gasteiger partial charge in [0, 0.05) is 18.7 Å². The topological polar surface area (TPSA) is 206 Å². The van der Waals surface area contributed by atoms with E-state index in [1.54, 1.807) is 5.43 Å². The Morgan fingerprint density at radius 3 is 2.79 bits per heavy atom. The van der Waals surface area contributed by atoms with Crippen LogP contribution in [0.3, 0.4) is 0 Å². The number of hydrogen-bond donors (Lipinski definition) is 5. The Morgan fingerprint density at radius 1 is 1.41 bits per heavy atom. The third-order valence-corrected chi connectivity index (χ3v) is 5.49. The highest BCUT2D eigenvalue weighted by molar-refractivity contribution is 7.89. The van der Waals surface area contributed by atoms with Gasteiger partial charge in [-0.05, 0) is 43.0 Å². The molecule has 0 spiro atoms.